The van der Waals surface area contributed by atoms with Crippen molar-refractivity contribution in [2.45, 2.75) is 24.7 Å². The zero-order valence-corrected chi connectivity index (χ0v) is 14.1. The predicted molar refractivity (Wildman–Crippen MR) is 90.1 cm³/mol. The van der Waals surface area contributed by atoms with Gasteiger partial charge in [-0.1, -0.05) is 6.92 Å². The average Bonchev–Trinajstić information content (AvgIpc) is 2.52. The molecular weight excluding hydrogens is 306 g/mol. The monoisotopic (exact) mass is 329 g/mol. The number of likely N-dealkylation sites (tertiary alicyclic amines) is 1. The van der Waals surface area contributed by atoms with Gasteiger partial charge in [0.25, 0.3) is 0 Å². The van der Waals surface area contributed by atoms with Gasteiger partial charge in [-0.25, -0.2) is 0 Å². The largest absolute Gasteiger partial charge is 0.342 e. The van der Waals surface area contributed by atoms with Crippen LogP contribution in [0.4, 0.5) is 0 Å². The second-order valence-corrected chi connectivity index (χ2v) is 6.15. The van der Waals surface area contributed by atoms with E-state index in [0.29, 0.717) is 5.75 Å². The molecule has 1 N–H and O–H groups in total. The third-order valence-electron chi connectivity index (χ3n) is 3.66. The molecule has 1 aromatic rings. The van der Waals surface area contributed by atoms with Crippen LogP contribution in [0.2, 0.25) is 0 Å². The molecule has 0 atom stereocenters. The first kappa shape index (κ1) is 18.3. The number of nitrogens with zero attached hydrogens (tertiary/aromatic N) is 2. The molecule has 1 fully saturated rings. The Morgan fingerprint density at radius 2 is 2.05 bits per heavy atom. The van der Waals surface area contributed by atoms with Crippen LogP contribution in [0.25, 0.3) is 0 Å². The van der Waals surface area contributed by atoms with E-state index >= 15 is 0 Å². The number of piperidine rings is 1. The average molecular weight is 330 g/mol. The van der Waals surface area contributed by atoms with Gasteiger partial charge >= 0.3 is 0 Å². The Morgan fingerprint density at radius 1 is 1.38 bits per heavy atom. The second-order valence-electron chi connectivity index (χ2n) is 5.10. The Bertz CT molecular complexity index is 411. The summed E-state index contributed by atoms with van der Waals surface area (Å²) < 4.78 is 0. The van der Waals surface area contributed by atoms with Gasteiger partial charge in [0.2, 0.25) is 5.91 Å². The van der Waals surface area contributed by atoms with Crippen LogP contribution in [0, 0.1) is 5.92 Å². The van der Waals surface area contributed by atoms with Gasteiger partial charge < -0.3 is 10.2 Å². The number of hydrogen-bond donors (Lipinski definition) is 1. The van der Waals surface area contributed by atoms with Gasteiger partial charge in [0.05, 0.1) is 5.75 Å². The minimum absolute atomic E-state index is 0. The van der Waals surface area contributed by atoms with Gasteiger partial charge in [-0.05, 0) is 44.0 Å². The van der Waals surface area contributed by atoms with E-state index in [1.54, 1.807) is 24.2 Å². The number of carbonyl (C=O) groups is 1. The van der Waals surface area contributed by atoms with Crippen molar-refractivity contribution in [3.05, 3.63) is 24.5 Å². The van der Waals surface area contributed by atoms with E-state index in [4.69, 9.17) is 0 Å². The topological polar surface area (TPSA) is 45.2 Å². The highest BCUT2D eigenvalue weighted by Gasteiger charge is 2.22. The lowest BCUT2D eigenvalue weighted by Crippen LogP contribution is -2.41. The van der Waals surface area contributed by atoms with Crippen molar-refractivity contribution in [1.29, 1.82) is 0 Å². The maximum Gasteiger partial charge on any atom is 0.232 e. The summed E-state index contributed by atoms with van der Waals surface area (Å²) in [5, 5.41) is 3.40. The van der Waals surface area contributed by atoms with Crippen LogP contribution in [0.3, 0.4) is 0 Å². The number of rotatable bonds is 6. The highest BCUT2D eigenvalue weighted by molar-refractivity contribution is 8.00. The zero-order chi connectivity index (χ0) is 14.2. The third kappa shape index (κ3) is 6.24. The van der Waals surface area contributed by atoms with Gasteiger partial charge in [0.15, 0.2) is 0 Å². The Hall–Kier alpha value is -0.780. The molecule has 1 saturated heterocycles. The van der Waals surface area contributed by atoms with E-state index in [1.165, 1.54) is 0 Å². The van der Waals surface area contributed by atoms with Gasteiger partial charge in [-0.3, -0.25) is 9.78 Å². The quantitative estimate of drug-likeness (QED) is 0.814. The smallest absolute Gasteiger partial charge is 0.232 e. The molecule has 0 aliphatic carbocycles. The summed E-state index contributed by atoms with van der Waals surface area (Å²) in [7, 11) is 0. The third-order valence-corrected chi connectivity index (χ3v) is 4.66. The molecule has 0 radical (unpaired) electrons. The zero-order valence-electron chi connectivity index (χ0n) is 12.5. The molecule has 2 rings (SSSR count). The number of carbonyl (C=O) groups excluding carboxylic acids is 1. The normalized spacial score (nSPS) is 15.6. The van der Waals surface area contributed by atoms with Crippen molar-refractivity contribution in [3.8, 4) is 0 Å². The summed E-state index contributed by atoms with van der Waals surface area (Å²) in [5.41, 5.74) is 0. The fourth-order valence-electron chi connectivity index (χ4n) is 2.41. The number of amides is 1. The molecular formula is C15H24ClN3OS. The Balaban J connectivity index is 0.00000220. The summed E-state index contributed by atoms with van der Waals surface area (Å²) in [4.78, 5) is 19.3. The molecule has 1 aromatic heterocycles. The number of pyridine rings is 1. The summed E-state index contributed by atoms with van der Waals surface area (Å²) in [6, 6.07) is 3.89. The van der Waals surface area contributed by atoms with Crippen LogP contribution >= 0.6 is 24.2 Å². The van der Waals surface area contributed by atoms with Gasteiger partial charge in [-0.15, -0.1) is 24.2 Å². The predicted octanol–water partition coefficient (Wildman–Crippen LogP) is 2.44. The van der Waals surface area contributed by atoms with Gasteiger partial charge in [0.1, 0.15) is 0 Å². The molecule has 0 bridgehead atoms. The Labute approximate surface area is 137 Å². The molecule has 21 heavy (non-hydrogen) atoms. The number of hydrogen-bond acceptors (Lipinski definition) is 4. The molecule has 0 spiro atoms. The lowest BCUT2D eigenvalue weighted by atomic mass is 9.97. The standard InChI is InChI=1S/C15H23N3OS.ClH/c1-2-16-11-13-5-9-18(10-6-13)15(19)12-20-14-3-7-17-8-4-14;/h3-4,7-8,13,16H,2,5-6,9-12H2,1H3;1H. The molecule has 0 saturated carbocycles. The molecule has 118 valence electrons. The van der Waals surface area contributed by atoms with Crippen molar-refractivity contribution in [3.63, 3.8) is 0 Å². The number of halogens is 1. The molecule has 0 aromatic carbocycles. The highest BCUT2D eigenvalue weighted by atomic mass is 35.5. The molecule has 4 nitrogen and oxygen atoms in total. The minimum atomic E-state index is 0. The van der Waals surface area contributed by atoms with E-state index in [9.17, 15) is 4.79 Å². The molecule has 1 aliphatic heterocycles. The number of nitrogens with one attached hydrogen (secondary N) is 1. The first-order valence-corrected chi connectivity index (χ1v) is 8.29. The van der Waals surface area contributed by atoms with Gasteiger partial charge in [0, 0.05) is 30.4 Å². The van der Waals surface area contributed by atoms with Crippen molar-refractivity contribution < 1.29 is 4.79 Å². The van der Waals surface area contributed by atoms with E-state index < -0.39 is 0 Å². The van der Waals surface area contributed by atoms with Crippen LogP contribution in [0.1, 0.15) is 19.8 Å². The van der Waals surface area contributed by atoms with Crippen molar-refractivity contribution >= 4 is 30.1 Å². The minimum Gasteiger partial charge on any atom is -0.342 e. The molecule has 1 amide bonds. The molecule has 6 heteroatoms. The Morgan fingerprint density at radius 3 is 2.67 bits per heavy atom. The van der Waals surface area contributed by atoms with E-state index in [0.717, 1.165) is 49.8 Å². The van der Waals surface area contributed by atoms with E-state index in [2.05, 4.69) is 17.2 Å². The fraction of sp³-hybridized carbons (Fsp3) is 0.600. The first-order chi connectivity index (χ1) is 9.79. The Kier molecular flexibility index (Phi) is 8.73. The summed E-state index contributed by atoms with van der Waals surface area (Å²) in [6.45, 7) is 6.07. The highest BCUT2D eigenvalue weighted by Crippen LogP contribution is 2.20. The molecule has 0 unspecified atom stereocenters. The first-order valence-electron chi connectivity index (χ1n) is 7.31. The lowest BCUT2D eigenvalue weighted by molar-refractivity contribution is -0.129. The molecule has 1 aliphatic rings. The van der Waals surface area contributed by atoms with Crippen LogP contribution in [-0.2, 0) is 4.79 Å². The molecule has 2 heterocycles. The van der Waals surface area contributed by atoms with E-state index in [-0.39, 0.29) is 18.3 Å². The van der Waals surface area contributed by atoms with Crippen LogP contribution in [0.15, 0.2) is 29.4 Å². The van der Waals surface area contributed by atoms with E-state index in [1.807, 2.05) is 17.0 Å². The van der Waals surface area contributed by atoms with Crippen molar-refractivity contribution in [2.24, 2.45) is 5.92 Å². The number of thioether (sulfide) groups is 1. The summed E-state index contributed by atoms with van der Waals surface area (Å²) in [5.74, 6) is 1.52. The van der Waals surface area contributed by atoms with Crippen molar-refractivity contribution in [1.82, 2.24) is 15.2 Å². The maximum atomic E-state index is 12.2. The van der Waals surface area contributed by atoms with Crippen LogP contribution < -0.4 is 5.32 Å². The van der Waals surface area contributed by atoms with Crippen LogP contribution in [-0.4, -0.2) is 47.7 Å². The second kappa shape index (κ2) is 10.0. The SMILES string of the molecule is CCNCC1CCN(C(=O)CSc2ccncc2)CC1.Cl. The summed E-state index contributed by atoms with van der Waals surface area (Å²) >= 11 is 1.59. The lowest BCUT2D eigenvalue weighted by Gasteiger charge is -2.32. The van der Waals surface area contributed by atoms with Crippen LogP contribution in [0.5, 0.6) is 0 Å². The number of aromatic nitrogens is 1. The summed E-state index contributed by atoms with van der Waals surface area (Å²) in [6.07, 6.45) is 5.77. The maximum absolute atomic E-state index is 12.2. The fourth-order valence-corrected chi connectivity index (χ4v) is 3.19. The van der Waals surface area contributed by atoms with Crippen molar-refractivity contribution in [2.75, 3.05) is 31.9 Å². The van der Waals surface area contributed by atoms with Gasteiger partial charge in [-0.2, -0.15) is 0 Å².